The number of nitrogens with one attached hydrogen (secondary N) is 1. The average molecular weight is 418 g/mol. The molecule has 1 fully saturated rings. The van der Waals surface area contributed by atoms with E-state index in [-0.39, 0.29) is 31.0 Å². The first-order valence-electron chi connectivity index (χ1n) is 9.88. The van der Waals surface area contributed by atoms with E-state index in [0.29, 0.717) is 23.0 Å². The number of piperidine rings is 1. The van der Waals surface area contributed by atoms with E-state index in [1.165, 1.54) is 11.3 Å². The van der Waals surface area contributed by atoms with Crippen molar-refractivity contribution >= 4 is 29.1 Å². The first kappa shape index (κ1) is 19.8. The average Bonchev–Trinajstić information content (AvgIpc) is 3.26. The molecule has 0 saturated carbocycles. The molecule has 3 heterocycles. The molecule has 8 heteroatoms. The molecule has 1 N–H and O–H groups in total. The number of carbonyl (C=O) groups is 2. The van der Waals surface area contributed by atoms with E-state index in [1.54, 1.807) is 24.5 Å². The van der Waals surface area contributed by atoms with Crippen molar-refractivity contribution in [3.8, 4) is 5.75 Å². The van der Waals surface area contributed by atoms with E-state index >= 15 is 0 Å². The van der Waals surface area contributed by atoms with Crippen LogP contribution in [0.1, 0.15) is 31.1 Å². The monoisotopic (exact) mass is 417 g/mol. The Bertz CT molecular complexity index is 865. The summed E-state index contributed by atoms with van der Waals surface area (Å²) in [6, 6.07) is 8.83. The van der Waals surface area contributed by atoms with Gasteiger partial charge in [0.15, 0.2) is 6.61 Å². The number of ether oxygens (including phenoxy) is 1. The fraction of sp³-hybridized carbons (Fsp3) is 0.429. The summed E-state index contributed by atoms with van der Waals surface area (Å²) in [4.78, 5) is 28.8. The summed E-state index contributed by atoms with van der Waals surface area (Å²) in [5.41, 5.74) is 0.516. The van der Waals surface area contributed by atoms with Gasteiger partial charge in [0.2, 0.25) is 5.91 Å². The van der Waals surface area contributed by atoms with Crippen LogP contribution in [0.4, 0.5) is 5.69 Å². The molecular formula is C21H24ClN3O4. The number of halogens is 1. The number of carbonyl (C=O) groups excluding carboxylic acids is 2. The van der Waals surface area contributed by atoms with Gasteiger partial charge >= 0.3 is 0 Å². The topological polar surface area (TPSA) is 75.0 Å². The van der Waals surface area contributed by atoms with E-state index < -0.39 is 0 Å². The number of nitrogens with zero attached hydrogens (tertiary/aromatic N) is 2. The fourth-order valence-corrected chi connectivity index (χ4v) is 4.05. The van der Waals surface area contributed by atoms with Crippen LogP contribution in [0.25, 0.3) is 0 Å². The van der Waals surface area contributed by atoms with E-state index in [4.69, 9.17) is 20.8 Å². The van der Waals surface area contributed by atoms with Crippen LogP contribution in [0, 0.1) is 0 Å². The van der Waals surface area contributed by atoms with Crippen molar-refractivity contribution in [2.75, 3.05) is 37.7 Å². The molecular weight excluding hydrogens is 394 g/mol. The van der Waals surface area contributed by atoms with Gasteiger partial charge in [-0.15, -0.1) is 0 Å². The molecule has 2 amide bonds. The fourth-order valence-electron chi connectivity index (χ4n) is 3.88. The maximum Gasteiger partial charge on any atom is 0.265 e. The van der Waals surface area contributed by atoms with Crippen molar-refractivity contribution in [1.29, 1.82) is 0 Å². The van der Waals surface area contributed by atoms with Crippen molar-refractivity contribution in [1.82, 2.24) is 10.2 Å². The van der Waals surface area contributed by atoms with Crippen molar-refractivity contribution < 1.29 is 18.7 Å². The van der Waals surface area contributed by atoms with Crippen LogP contribution in [0.2, 0.25) is 5.02 Å². The molecule has 2 aliphatic rings. The van der Waals surface area contributed by atoms with Gasteiger partial charge in [-0.05, 0) is 56.3 Å². The minimum absolute atomic E-state index is 0.0172. The zero-order valence-electron chi connectivity index (χ0n) is 16.1. The highest BCUT2D eigenvalue weighted by Crippen LogP contribution is 2.34. The Balaban J connectivity index is 1.42. The summed E-state index contributed by atoms with van der Waals surface area (Å²) < 4.78 is 11.0. The molecule has 0 aliphatic carbocycles. The number of hydrogen-bond acceptors (Lipinski definition) is 5. The van der Waals surface area contributed by atoms with Gasteiger partial charge in [-0.1, -0.05) is 18.0 Å². The van der Waals surface area contributed by atoms with E-state index in [0.717, 1.165) is 31.7 Å². The molecule has 1 unspecified atom stereocenters. The number of fused-ring (bicyclic) bond motifs is 1. The second kappa shape index (κ2) is 8.88. The van der Waals surface area contributed by atoms with Crippen LogP contribution in [0.3, 0.4) is 0 Å². The number of amides is 2. The summed E-state index contributed by atoms with van der Waals surface area (Å²) in [6.45, 7) is 2.21. The molecule has 1 aromatic carbocycles. The summed E-state index contributed by atoms with van der Waals surface area (Å²) in [5.74, 6) is 0.878. The zero-order chi connectivity index (χ0) is 20.2. The quantitative estimate of drug-likeness (QED) is 0.782. The third-order valence-corrected chi connectivity index (χ3v) is 5.60. The first-order chi connectivity index (χ1) is 14.1. The first-order valence-corrected chi connectivity index (χ1v) is 10.3. The third kappa shape index (κ3) is 4.57. The predicted molar refractivity (Wildman–Crippen MR) is 109 cm³/mol. The van der Waals surface area contributed by atoms with Gasteiger partial charge in [-0.3, -0.25) is 19.4 Å². The van der Waals surface area contributed by atoms with Gasteiger partial charge in [-0.2, -0.15) is 0 Å². The van der Waals surface area contributed by atoms with Crippen molar-refractivity contribution in [3.05, 3.63) is 47.4 Å². The second-order valence-electron chi connectivity index (χ2n) is 7.31. The van der Waals surface area contributed by atoms with Gasteiger partial charge in [0.25, 0.3) is 5.91 Å². The Hall–Kier alpha value is -2.51. The molecule has 1 aromatic heterocycles. The van der Waals surface area contributed by atoms with E-state index in [9.17, 15) is 9.59 Å². The molecule has 0 spiro atoms. The minimum atomic E-state index is -0.270. The molecule has 0 bridgehead atoms. The largest absolute Gasteiger partial charge is 0.482 e. The number of benzene rings is 1. The molecule has 2 aliphatic heterocycles. The molecule has 29 heavy (non-hydrogen) atoms. The summed E-state index contributed by atoms with van der Waals surface area (Å²) in [7, 11) is 0. The highest BCUT2D eigenvalue weighted by atomic mass is 35.5. The number of hydrogen-bond donors (Lipinski definition) is 1. The maximum absolute atomic E-state index is 12.7. The number of likely N-dealkylation sites (tertiary alicyclic amines) is 1. The van der Waals surface area contributed by atoms with Crippen molar-refractivity contribution in [2.45, 2.75) is 25.3 Å². The number of anilines is 1. The summed E-state index contributed by atoms with van der Waals surface area (Å²) >= 11 is 6.06. The van der Waals surface area contributed by atoms with Crippen LogP contribution in [-0.2, 0) is 9.59 Å². The molecule has 1 atom stereocenters. The maximum atomic E-state index is 12.7. The lowest BCUT2D eigenvalue weighted by Gasteiger charge is -2.34. The summed E-state index contributed by atoms with van der Waals surface area (Å²) in [5, 5.41) is 3.46. The normalized spacial score (nSPS) is 18.1. The van der Waals surface area contributed by atoms with Crippen LogP contribution in [0.5, 0.6) is 5.75 Å². The van der Waals surface area contributed by atoms with Crippen LogP contribution < -0.4 is 15.0 Å². The predicted octanol–water partition coefficient (Wildman–Crippen LogP) is 3.00. The van der Waals surface area contributed by atoms with E-state index in [2.05, 4.69) is 10.2 Å². The highest BCUT2D eigenvalue weighted by molar-refractivity contribution is 6.31. The number of furan rings is 1. The smallest absolute Gasteiger partial charge is 0.265 e. The molecule has 154 valence electrons. The third-order valence-electron chi connectivity index (χ3n) is 5.36. The molecule has 1 saturated heterocycles. The number of rotatable bonds is 6. The lowest BCUT2D eigenvalue weighted by Crippen LogP contribution is -2.47. The van der Waals surface area contributed by atoms with Crippen molar-refractivity contribution in [3.63, 3.8) is 0 Å². The van der Waals surface area contributed by atoms with Crippen LogP contribution >= 0.6 is 11.6 Å². The Morgan fingerprint density at radius 3 is 2.79 bits per heavy atom. The molecule has 0 radical (unpaired) electrons. The van der Waals surface area contributed by atoms with Gasteiger partial charge < -0.3 is 14.5 Å². The lowest BCUT2D eigenvalue weighted by molar-refractivity contribution is -0.125. The van der Waals surface area contributed by atoms with Gasteiger partial charge in [0.1, 0.15) is 18.1 Å². The van der Waals surface area contributed by atoms with Gasteiger partial charge in [0.05, 0.1) is 18.0 Å². The van der Waals surface area contributed by atoms with Gasteiger partial charge in [-0.25, -0.2) is 0 Å². The second-order valence-corrected chi connectivity index (χ2v) is 7.75. The van der Waals surface area contributed by atoms with Crippen LogP contribution in [-0.4, -0.2) is 49.5 Å². The summed E-state index contributed by atoms with van der Waals surface area (Å²) in [6.07, 6.45) is 5.17. The molecule has 2 aromatic rings. The SMILES string of the molecule is O=C(CN1C(=O)COc2ccc(Cl)cc21)NCC(c1ccco1)N1CCCCC1. The van der Waals surface area contributed by atoms with E-state index in [1.807, 2.05) is 12.1 Å². The minimum Gasteiger partial charge on any atom is -0.482 e. The molecule has 7 nitrogen and oxygen atoms in total. The Morgan fingerprint density at radius 2 is 2.03 bits per heavy atom. The standard InChI is InChI=1S/C21H24ClN3O4/c22-15-6-7-19-16(11-15)25(21(27)14-29-19)13-20(26)23-12-17(18-5-4-10-28-18)24-8-2-1-3-9-24/h4-7,10-11,17H,1-3,8-9,12-14H2,(H,23,26). The van der Waals surface area contributed by atoms with Gasteiger partial charge in [0, 0.05) is 11.6 Å². The highest BCUT2D eigenvalue weighted by Gasteiger charge is 2.29. The lowest BCUT2D eigenvalue weighted by atomic mass is 10.1. The molecule has 4 rings (SSSR count). The van der Waals surface area contributed by atoms with Crippen LogP contribution in [0.15, 0.2) is 41.0 Å². The Kier molecular flexibility index (Phi) is 6.06. The Morgan fingerprint density at radius 1 is 1.21 bits per heavy atom. The Labute approximate surface area is 174 Å². The zero-order valence-corrected chi connectivity index (χ0v) is 16.9. The van der Waals surface area contributed by atoms with Crippen molar-refractivity contribution in [2.24, 2.45) is 0 Å².